The summed E-state index contributed by atoms with van der Waals surface area (Å²) in [6.07, 6.45) is 6.62. The third-order valence-electron chi connectivity index (χ3n) is 4.81. The lowest BCUT2D eigenvalue weighted by Gasteiger charge is -2.38. The molecule has 0 amide bonds. The Morgan fingerprint density at radius 2 is 1.94 bits per heavy atom. The molecule has 0 bridgehead atoms. The van der Waals surface area contributed by atoms with Crippen molar-refractivity contribution in [3.05, 3.63) is 0 Å². The third-order valence-corrected chi connectivity index (χ3v) is 4.81. The molecule has 0 aliphatic carbocycles. The molecule has 2 aliphatic heterocycles. The van der Waals surface area contributed by atoms with Crippen molar-refractivity contribution in [2.75, 3.05) is 32.7 Å². The van der Waals surface area contributed by atoms with Crippen LogP contribution in [-0.2, 0) is 0 Å². The van der Waals surface area contributed by atoms with Gasteiger partial charge in [0.1, 0.15) is 0 Å². The lowest BCUT2D eigenvalue weighted by Crippen LogP contribution is -2.51. The summed E-state index contributed by atoms with van der Waals surface area (Å²) < 4.78 is 0. The standard InChI is InChI=1S/C14H29N3/c1-3-7-14(2,12-15)17-10-6-13(11-17)16-8-4-5-9-16/h13H,3-12,15H2,1-2H3. The molecule has 100 valence electrons. The van der Waals surface area contributed by atoms with Gasteiger partial charge in [0.25, 0.3) is 0 Å². The second-order valence-corrected chi connectivity index (χ2v) is 6.08. The Labute approximate surface area is 106 Å². The van der Waals surface area contributed by atoms with E-state index in [4.69, 9.17) is 5.73 Å². The van der Waals surface area contributed by atoms with Gasteiger partial charge in [0.2, 0.25) is 0 Å². The fourth-order valence-electron chi connectivity index (χ4n) is 3.56. The van der Waals surface area contributed by atoms with Crippen LogP contribution in [0.2, 0.25) is 0 Å². The molecular formula is C14H29N3. The number of rotatable bonds is 5. The normalized spacial score (nSPS) is 30.9. The van der Waals surface area contributed by atoms with Crippen molar-refractivity contribution in [2.24, 2.45) is 5.73 Å². The fraction of sp³-hybridized carbons (Fsp3) is 1.00. The molecule has 2 fully saturated rings. The van der Waals surface area contributed by atoms with Gasteiger partial charge in [0.05, 0.1) is 0 Å². The molecule has 0 aromatic carbocycles. The summed E-state index contributed by atoms with van der Waals surface area (Å²) in [7, 11) is 0. The van der Waals surface area contributed by atoms with Crippen molar-refractivity contribution in [1.29, 1.82) is 0 Å². The van der Waals surface area contributed by atoms with Gasteiger partial charge >= 0.3 is 0 Å². The number of likely N-dealkylation sites (tertiary alicyclic amines) is 2. The van der Waals surface area contributed by atoms with E-state index >= 15 is 0 Å². The van der Waals surface area contributed by atoms with Crippen LogP contribution in [0, 0.1) is 0 Å². The van der Waals surface area contributed by atoms with Gasteiger partial charge in [0.15, 0.2) is 0 Å². The number of hydrogen-bond acceptors (Lipinski definition) is 3. The summed E-state index contributed by atoms with van der Waals surface area (Å²) in [6.45, 7) is 10.6. The summed E-state index contributed by atoms with van der Waals surface area (Å²) in [4.78, 5) is 5.35. The topological polar surface area (TPSA) is 32.5 Å². The number of nitrogens with zero attached hydrogens (tertiary/aromatic N) is 2. The first-order valence-electron chi connectivity index (χ1n) is 7.39. The van der Waals surface area contributed by atoms with Gasteiger partial charge in [-0.25, -0.2) is 0 Å². The highest BCUT2D eigenvalue weighted by Gasteiger charge is 2.37. The lowest BCUT2D eigenvalue weighted by atomic mass is 9.94. The van der Waals surface area contributed by atoms with E-state index in [0.717, 1.165) is 12.6 Å². The Morgan fingerprint density at radius 1 is 1.24 bits per heavy atom. The number of nitrogens with two attached hydrogens (primary N) is 1. The second kappa shape index (κ2) is 5.68. The quantitative estimate of drug-likeness (QED) is 0.792. The highest BCUT2D eigenvalue weighted by Crippen LogP contribution is 2.28. The van der Waals surface area contributed by atoms with Gasteiger partial charge in [-0.05, 0) is 45.7 Å². The van der Waals surface area contributed by atoms with E-state index < -0.39 is 0 Å². The largest absolute Gasteiger partial charge is 0.329 e. The zero-order valence-electron chi connectivity index (χ0n) is 11.6. The lowest BCUT2D eigenvalue weighted by molar-refractivity contribution is 0.117. The molecule has 0 spiro atoms. The van der Waals surface area contributed by atoms with E-state index in [9.17, 15) is 0 Å². The van der Waals surface area contributed by atoms with Crippen LogP contribution in [0.15, 0.2) is 0 Å². The van der Waals surface area contributed by atoms with Gasteiger partial charge in [-0.2, -0.15) is 0 Å². The maximum Gasteiger partial charge on any atom is 0.0304 e. The van der Waals surface area contributed by atoms with Crippen molar-refractivity contribution >= 4 is 0 Å². The van der Waals surface area contributed by atoms with Gasteiger partial charge < -0.3 is 5.73 Å². The van der Waals surface area contributed by atoms with Gasteiger partial charge in [-0.1, -0.05) is 13.3 Å². The molecule has 2 N–H and O–H groups in total. The Morgan fingerprint density at radius 3 is 2.53 bits per heavy atom. The van der Waals surface area contributed by atoms with Crippen LogP contribution in [0.25, 0.3) is 0 Å². The predicted octanol–water partition coefficient (Wildman–Crippen LogP) is 1.67. The van der Waals surface area contributed by atoms with Crippen LogP contribution >= 0.6 is 0 Å². The Bertz CT molecular complexity index is 238. The first-order valence-corrected chi connectivity index (χ1v) is 7.39. The summed E-state index contributed by atoms with van der Waals surface area (Å²) in [6, 6.07) is 0.806. The van der Waals surface area contributed by atoms with Crippen LogP contribution < -0.4 is 5.73 Å². The molecular weight excluding hydrogens is 210 g/mol. The predicted molar refractivity (Wildman–Crippen MR) is 73.2 cm³/mol. The minimum atomic E-state index is 0.239. The summed E-state index contributed by atoms with van der Waals surface area (Å²) in [5, 5.41) is 0. The minimum Gasteiger partial charge on any atom is -0.329 e. The van der Waals surface area contributed by atoms with Crippen molar-refractivity contribution in [3.8, 4) is 0 Å². The molecule has 3 nitrogen and oxygen atoms in total. The maximum absolute atomic E-state index is 6.02. The molecule has 2 heterocycles. The van der Waals surface area contributed by atoms with Crippen LogP contribution in [0.5, 0.6) is 0 Å². The molecule has 2 unspecified atom stereocenters. The maximum atomic E-state index is 6.02. The van der Waals surface area contributed by atoms with Crippen LogP contribution in [0.1, 0.15) is 46.0 Å². The average Bonchev–Trinajstić information content (AvgIpc) is 2.99. The fourth-order valence-corrected chi connectivity index (χ4v) is 3.56. The minimum absolute atomic E-state index is 0.239. The van der Waals surface area contributed by atoms with Gasteiger partial charge in [0, 0.05) is 31.2 Å². The first-order chi connectivity index (χ1) is 8.19. The Balaban J connectivity index is 1.91. The van der Waals surface area contributed by atoms with Gasteiger partial charge in [-0.15, -0.1) is 0 Å². The Kier molecular flexibility index (Phi) is 4.45. The van der Waals surface area contributed by atoms with Crippen molar-refractivity contribution in [2.45, 2.75) is 57.5 Å². The molecule has 3 heteroatoms. The number of hydrogen-bond donors (Lipinski definition) is 1. The molecule has 2 saturated heterocycles. The summed E-state index contributed by atoms with van der Waals surface area (Å²) in [5.41, 5.74) is 6.26. The molecule has 2 aliphatic rings. The van der Waals surface area contributed by atoms with Crippen molar-refractivity contribution in [1.82, 2.24) is 9.80 Å². The van der Waals surface area contributed by atoms with Crippen LogP contribution in [-0.4, -0.2) is 54.1 Å². The Hall–Kier alpha value is -0.120. The second-order valence-electron chi connectivity index (χ2n) is 6.08. The van der Waals surface area contributed by atoms with E-state index in [2.05, 4.69) is 23.6 Å². The molecule has 2 atom stereocenters. The van der Waals surface area contributed by atoms with E-state index in [-0.39, 0.29) is 5.54 Å². The molecule has 0 aromatic heterocycles. The zero-order valence-corrected chi connectivity index (χ0v) is 11.6. The SMILES string of the molecule is CCCC(C)(CN)N1CCC(N2CCCC2)C1. The molecule has 17 heavy (non-hydrogen) atoms. The highest BCUT2D eigenvalue weighted by atomic mass is 15.3. The van der Waals surface area contributed by atoms with E-state index in [1.165, 1.54) is 58.3 Å². The molecule has 0 aromatic rings. The molecule has 0 radical (unpaired) electrons. The van der Waals surface area contributed by atoms with Crippen LogP contribution in [0.3, 0.4) is 0 Å². The highest BCUT2D eigenvalue weighted by molar-refractivity contribution is 4.95. The van der Waals surface area contributed by atoms with Crippen molar-refractivity contribution in [3.63, 3.8) is 0 Å². The summed E-state index contributed by atoms with van der Waals surface area (Å²) >= 11 is 0. The third kappa shape index (κ3) is 2.83. The smallest absolute Gasteiger partial charge is 0.0304 e. The molecule has 0 saturated carbocycles. The monoisotopic (exact) mass is 239 g/mol. The molecule has 2 rings (SSSR count). The van der Waals surface area contributed by atoms with Gasteiger partial charge in [-0.3, -0.25) is 9.80 Å². The summed E-state index contributed by atoms with van der Waals surface area (Å²) in [5.74, 6) is 0. The van der Waals surface area contributed by atoms with Crippen LogP contribution in [0.4, 0.5) is 0 Å². The average molecular weight is 239 g/mol. The first kappa shape index (κ1) is 13.3. The van der Waals surface area contributed by atoms with Crippen molar-refractivity contribution < 1.29 is 0 Å². The van der Waals surface area contributed by atoms with E-state index in [1.807, 2.05) is 0 Å². The van der Waals surface area contributed by atoms with E-state index in [0.29, 0.717) is 0 Å². The van der Waals surface area contributed by atoms with E-state index in [1.54, 1.807) is 0 Å². The zero-order chi connectivity index (χ0) is 12.3.